The van der Waals surface area contributed by atoms with E-state index in [1.807, 2.05) is 6.92 Å². The summed E-state index contributed by atoms with van der Waals surface area (Å²) < 4.78 is 32.4. The highest BCUT2D eigenvalue weighted by molar-refractivity contribution is 7.89. The molecular formula is C11H19N3O3S. The first-order valence-corrected chi connectivity index (χ1v) is 7.53. The standard InChI is InChI=1S/C11H19N3O3S/c1-7-11(8(2)14-13-7)18(15,16)12-6-10-4-5-17-9(10)3/h9-10,12H,4-6H2,1-3H3,(H,13,14). The van der Waals surface area contributed by atoms with E-state index in [-0.39, 0.29) is 16.9 Å². The summed E-state index contributed by atoms with van der Waals surface area (Å²) in [6.45, 7) is 6.47. The zero-order valence-electron chi connectivity index (χ0n) is 10.9. The van der Waals surface area contributed by atoms with E-state index in [1.165, 1.54) is 0 Å². The highest BCUT2D eigenvalue weighted by Gasteiger charge is 2.28. The summed E-state index contributed by atoms with van der Waals surface area (Å²) in [6.07, 6.45) is 1.01. The molecule has 0 amide bonds. The van der Waals surface area contributed by atoms with Gasteiger partial charge in [-0.15, -0.1) is 0 Å². The van der Waals surface area contributed by atoms with E-state index in [4.69, 9.17) is 4.74 Å². The molecule has 2 atom stereocenters. The topological polar surface area (TPSA) is 84.1 Å². The van der Waals surface area contributed by atoms with Gasteiger partial charge >= 0.3 is 0 Å². The van der Waals surface area contributed by atoms with Gasteiger partial charge < -0.3 is 4.74 Å². The van der Waals surface area contributed by atoms with Crippen LogP contribution in [0.1, 0.15) is 24.7 Å². The Morgan fingerprint density at radius 1 is 1.50 bits per heavy atom. The van der Waals surface area contributed by atoms with Crippen LogP contribution in [-0.2, 0) is 14.8 Å². The zero-order chi connectivity index (χ0) is 13.3. The lowest BCUT2D eigenvalue weighted by Gasteiger charge is -2.14. The SMILES string of the molecule is Cc1n[nH]c(C)c1S(=O)(=O)NCC1CCOC1C. The molecule has 0 aliphatic carbocycles. The molecule has 7 heteroatoms. The smallest absolute Gasteiger partial charge is 0.244 e. The van der Waals surface area contributed by atoms with Gasteiger partial charge in [-0.1, -0.05) is 0 Å². The molecule has 1 fully saturated rings. The molecule has 0 aromatic carbocycles. The number of aromatic amines is 1. The van der Waals surface area contributed by atoms with Gasteiger partial charge in [-0.2, -0.15) is 5.10 Å². The zero-order valence-corrected chi connectivity index (χ0v) is 11.7. The van der Waals surface area contributed by atoms with Crippen molar-refractivity contribution in [3.8, 4) is 0 Å². The molecule has 1 aromatic heterocycles. The number of sulfonamides is 1. The number of hydrogen-bond donors (Lipinski definition) is 2. The highest BCUT2D eigenvalue weighted by atomic mass is 32.2. The van der Waals surface area contributed by atoms with Crippen LogP contribution in [0.15, 0.2) is 4.90 Å². The summed E-state index contributed by atoms with van der Waals surface area (Å²) in [5, 5.41) is 6.59. The Balaban J connectivity index is 2.08. The lowest BCUT2D eigenvalue weighted by Crippen LogP contribution is -2.32. The number of rotatable bonds is 4. The molecule has 0 radical (unpaired) electrons. The average Bonchev–Trinajstić information content (AvgIpc) is 2.83. The van der Waals surface area contributed by atoms with E-state index >= 15 is 0 Å². The van der Waals surface area contributed by atoms with E-state index in [9.17, 15) is 8.42 Å². The van der Waals surface area contributed by atoms with Gasteiger partial charge in [0, 0.05) is 19.1 Å². The molecule has 1 aliphatic rings. The van der Waals surface area contributed by atoms with Gasteiger partial charge in [0.2, 0.25) is 10.0 Å². The second-order valence-corrected chi connectivity index (χ2v) is 6.44. The maximum Gasteiger partial charge on any atom is 0.244 e. The quantitative estimate of drug-likeness (QED) is 0.847. The molecule has 0 spiro atoms. The fourth-order valence-electron chi connectivity index (χ4n) is 2.27. The largest absolute Gasteiger partial charge is 0.378 e. The minimum Gasteiger partial charge on any atom is -0.378 e. The Hall–Kier alpha value is -0.920. The Kier molecular flexibility index (Phi) is 3.74. The van der Waals surface area contributed by atoms with Gasteiger partial charge in [0.1, 0.15) is 4.90 Å². The molecule has 0 bridgehead atoms. The first-order chi connectivity index (χ1) is 8.42. The molecule has 2 heterocycles. The molecule has 2 rings (SSSR count). The van der Waals surface area contributed by atoms with Crippen molar-refractivity contribution in [2.45, 2.75) is 38.2 Å². The van der Waals surface area contributed by atoms with Crippen LogP contribution in [0.5, 0.6) is 0 Å². The average molecular weight is 273 g/mol. The number of aryl methyl sites for hydroxylation is 2. The van der Waals surface area contributed by atoms with Crippen molar-refractivity contribution < 1.29 is 13.2 Å². The number of aromatic nitrogens is 2. The van der Waals surface area contributed by atoms with Crippen molar-refractivity contribution >= 4 is 10.0 Å². The normalized spacial score (nSPS) is 24.6. The predicted molar refractivity (Wildman–Crippen MR) is 66.8 cm³/mol. The summed E-state index contributed by atoms with van der Waals surface area (Å²) in [5.41, 5.74) is 1.06. The summed E-state index contributed by atoms with van der Waals surface area (Å²) in [7, 11) is -3.49. The van der Waals surface area contributed by atoms with E-state index in [2.05, 4.69) is 14.9 Å². The van der Waals surface area contributed by atoms with E-state index in [0.717, 1.165) is 6.42 Å². The molecule has 2 N–H and O–H groups in total. The Morgan fingerprint density at radius 2 is 2.22 bits per heavy atom. The summed E-state index contributed by atoms with van der Waals surface area (Å²) in [4.78, 5) is 0.258. The van der Waals surface area contributed by atoms with Crippen LogP contribution in [0.25, 0.3) is 0 Å². The van der Waals surface area contributed by atoms with Gasteiger partial charge in [0.05, 0.1) is 17.5 Å². The molecular weight excluding hydrogens is 254 g/mol. The molecule has 2 unspecified atom stereocenters. The van der Waals surface area contributed by atoms with Crippen LogP contribution >= 0.6 is 0 Å². The van der Waals surface area contributed by atoms with Crippen molar-refractivity contribution in [1.82, 2.24) is 14.9 Å². The maximum atomic E-state index is 12.2. The Bertz CT molecular complexity index is 504. The van der Waals surface area contributed by atoms with Gasteiger partial charge in [0.25, 0.3) is 0 Å². The van der Waals surface area contributed by atoms with Crippen LogP contribution in [-0.4, -0.2) is 37.9 Å². The van der Waals surface area contributed by atoms with Crippen LogP contribution < -0.4 is 4.72 Å². The lowest BCUT2D eigenvalue weighted by atomic mass is 10.0. The van der Waals surface area contributed by atoms with Crippen molar-refractivity contribution in [2.24, 2.45) is 5.92 Å². The van der Waals surface area contributed by atoms with Crippen LogP contribution in [0.4, 0.5) is 0 Å². The fraction of sp³-hybridized carbons (Fsp3) is 0.727. The molecule has 102 valence electrons. The van der Waals surface area contributed by atoms with E-state index in [1.54, 1.807) is 13.8 Å². The molecule has 1 aromatic rings. The molecule has 18 heavy (non-hydrogen) atoms. The highest BCUT2D eigenvalue weighted by Crippen LogP contribution is 2.21. The molecule has 6 nitrogen and oxygen atoms in total. The number of nitrogens with one attached hydrogen (secondary N) is 2. The van der Waals surface area contributed by atoms with E-state index < -0.39 is 10.0 Å². The maximum absolute atomic E-state index is 12.2. The van der Waals surface area contributed by atoms with Crippen molar-refractivity contribution in [3.63, 3.8) is 0 Å². The van der Waals surface area contributed by atoms with Crippen LogP contribution in [0.3, 0.4) is 0 Å². The minimum atomic E-state index is -3.49. The van der Waals surface area contributed by atoms with Crippen molar-refractivity contribution in [1.29, 1.82) is 0 Å². The number of ether oxygens (including phenoxy) is 1. The third-order valence-electron chi connectivity index (χ3n) is 3.40. The van der Waals surface area contributed by atoms with Crippen LogP contribution in [0, 0.1) is 19.8 Å². The third kappa shape index (κ3) is 2.57. The van der Waals surface area contributed by atoms with E-state index in [0.29, 0.717) is 24.5 Å². The minimum absolute atomic E-state index is 0.110. The van der Waals surface area contributed by atoms with Crippen LogP contribution in [0.2, 0.25) is 0 Å². The second kappa shape index (κ2) is 4.99. The van der Waals surface area contributed by atoms with Gasteiger partial charge in [-0.3, -0.25) is 5.10 Å². The third-order valence-corrected chi connectivity index (χ3v) is 5.08. The van der Waals surface area contributed by atoms with Gasteiger partial charge in [0.15, 0.2) is 0 Å². The monoisotopic (exact) mass is 273 g/mol. The molecule has 1 aliphatic heterocycles. The Labute approximate surface area is 107 Å². The number of H-pyrrole nitrogens is 1. The fourth-order valence-corrected chi connectivity index (χ4v) is 3.73. The van der Waals surface area contributed by atoms with Gasteiger partial charge in [-0.25, -0.2) is 13.1 Å². The summed E-state index contributed by atoms with van der Waals surface area (Å²) in [6, 6.07) is 0. The second-order valence-electron chi connectivity index (χ2n) is 4.74. The van der Waals surface area contributed by atoms with Crippen molar-refractivity contribution in [2.75, 3.05) is 13.2 Å². The first-order valence-electron chi connectivity index (χ1n) is 6.04. The number of hydrogen-bond acceptors (Lipinski definition) is 4. The summed E-state index contributed by atoms with van der Waals surface area (Å²) in [5.74, 6) is 0.243. The predicted octanol–water partition coefficient (Wildman–Crippen LogP) is 0.730. The van der Waals surface area contributed by atoms with Gasteiger partial charge in [-0.05, 0) is 27.2 Å². The molecule has 0 saturated carbocycles. The lowest BCUT2D eigenvalue weighted by molar-refractivity contribution is 0.107. The Morgan fingerprint density at radius 3 is 2.72 bits per heavy atom. The molecule has 1 saturated heterocycles. The van der Waals surface area contributed by atoms with Crippen molar-refractivity contribution in [3.05, 3.63) is 11.4 Å². The number of nitrogens with zero attached hydrogens (tertiary/aromatic N) is 1. The summed E-state index contributed by atoms with van der Waals surface area (Å²) >= 11 is 0. The first kappa shape index (κ1) is 13.5.